The fourth-order valence-electron chi connectivity index (χ4n) is 5.14. The summed E-state index contributed by atoms with van der Waals surface area (Å²) in [5.74, 6) is 0.559. The molecule has 0 radical (unpaired) electrons. The predicted octanol–water partition coefficient (Wildman–Crippen LogP) is 2.27. The maximum absolute atomic E-state index is 13.3. The first-order valence-corrected chi connectivity index (χ1v) is 10.0. The average Bonchev–Trinajstić information content (AvgIpc) is 3.05. The Morgan fingerprint density at radius 3 is 2.48 bits per heavy atom. The van der Waals surface area contributed by atoms with Crippen LogP contribution in [0, 0.1) is 5.92 Å². The van der Waals surface area contributed by atoms with E-state index in [9.17, 15) is 9.59 Å². The molecule has 3 rings (SSSR count). The van der Waals surface area contributed by atoms with Crippen LogP contribution in [0.1, 0.15) is 51.9 Å². The van der Waals surface area contributed by atoms with Crippen LogP contribution < -0.4 is 0 Å². The Morgan fingerprint density at radius 1 is 1.16 bits per heavy atom. The van der Waals surface area contributed by atoms with E-state index in [1.54, 1.807) is 0 Å². The summed E-state index contributed by atoms with van der Waals surface area (Å²) < 4.78 is 0. The highest BCUT2D eigenvalue weighted by atomic mass is 16.2. The first-order valence-electron chi connectivity index (χ1n) is 10.0. The molecule has 25 heavy (non-hydrogen) atoms. The molecule has 0 aromatic rings. The molecule has 5 nitrogen and oxygen atoms in total. The molecule has 2 heterocycles. The zero-order valence-electron chi connectivity index (χ0n) is 15.8. The van der Waals surface area contributed by atoms with Crippen LogP contribution >= 0.6 is 0 Å². The molecule has 2 amide bonds. The first kappa shape index (κ1) is 18.4. The molecule has 1 saturated carbocycles. The largest absolute Gasteiger partial charge is 0.341 e. The number of likely N-dealkylation sites (tertiary alicyclic amines) is 2. The van der Waals surface area contributed by atoms with Gasteiger partial charge in [-0.25, -0.2) is 0 Å². The number of carbonyl (C=O) groups is 2. The van der Waals surface area contributed by atoms with E-state index in [-0.39, 0.29) is 23.9 Å². The molecule has 3 fully saturated rings. The van der Waals surface area contributed by atoms with Crippen molar-refractivity contribution >= 4 is 11.8 Å². The summed E-state index contributed by atoms with van der Waals surface area (Å²) in [5.41, 5.74) is 0. The van der Waals surface area contributed by atoms with Crippen LogP contribution in [-0.2, 0) is 9.59 Å². The minimum Gasteiger partial charge on any atom is -0.341 e. The summed E-state index contributed by atoms with van der Waals surface area (Å²) in [6.07, 6.45) is 8.85. The van der Waals surface area contributed by atoms with Gasteiger partial charge in [0.25, 0.3) is 0 Å². The van der Waals surface area contributed by atoms with Gasteiger partial charge in [-0.2, -0.15) is 0 Å². The molecular formula is C20H33N3O2. The summed E-state index contributed by atoms with van der Waals surface area (Å²) in [4.78, 5) is 32.0. The molecule has 1 aliphatic carbocycles. The molecular weight excluding hydrogens is 314 g/mol. The SMILES string of the molecule is C=CC(=O)N1[C@@H]2CCCC[C@@H]2C[C@H]1C(=O)N(C)C1CCN(CC)CC1. The molecule has 140 valence electrons. The van der Waals surface area contributed by atoms with Gasteiger partial charge in [-0.05, 0) is 50.6 Å². The van der Waals surface area contributed by atoms with Crippen molar-refractivity contribution < 1.29 is 9.59 Å². The van der Waals surface area contributed by atoms with Crippen LogP contribution in [0.2, 0.25) is 0 Å². The van der Waals surface area contributed by atoms with Gasteiger partial charge in [0.2, 0.25) is 11.8 Å². The number of rotatable bonds is 4. The van der Waals surface area contributed by atoms with Crippen LogP contribution in [0.25, 0.3) is 0 Å². The number of hydrogen-bond acceptors (Lipinski definition) is 3. The lowest BCUT2D eigenvalue weighted by Crippen LogP contribution is -2.53. The fourth-order valence-corrected chi connectivity index (χ4v) is 5.14. The summed E-state index contributed by atoms with van der Waals surface area (Å²) in [6.45, 7) is 9.06. The van der Waals surface area contributed by atoms with Gasteiger partial charge < -0.3 is 14.7 Å². The Balaban J connectivity index is 1.71. The molecule has 3 atom stereocenters. The van der Waals surface area contributed by atoms with E-state index in [1.807, 2.05) is 16.8 Å². The quantitative estimate of drug-likeness (QED) is 0.733. The van der Waals surface area contributed by atoms with Crippen LogP contribution in [0.4, 0.5) is 0 Å². The van der Waals surface area contributed by atoms with E-state index in [0.717, 1.165) is 58.2 Å². The first-order chi connectivity index (χ1) is 12.1. The summed E-state index contributed by atoms with van der Waals surface area (Å²) in [5, 5.41) is 0. The molecule has 0 unspecified atom stereocenters. The van der Waals surface area contributed by atoms with Crippen LogP contribution in [0.15, 0.2) is 12.7 Å². The number of likely N-dealkylation sites (N-methyl/N-ethyl adjacent to an activating group) is 1. The Morgan fingerprint density at radius 2 is 1.84 bits per heavy atom. The fraction of sp³-hybridized carbons (Fsp3) is 0.800. The lowest BCUT2D eigenvalue weighted by molar-refractivity contribution is -0.144. The lowest BCUT2D eigenvalue weighted by Gasteiger charge is -2.39. The van der Waals surface area contributed by atoms with Gasteiger partial charge in [-0.1, -0.05) is 26.3 Å². The van der Waals surface area contributed by atoms with Crippen molar-refractivity contribution in [2.24, 2.45) is 5.92 Å². The second-order valence-corrected chi connectivity index (χ2v) is 7.93. The van der Waals surface area contributed by atoms with Gasteiger partial charge in [0, 0.05) is 32.2 Å². The summed E-state index contributed by atoms with van der Waals surface area (Å²) >= 11 is 0. The number of amides is 2. The summed E-state index contributed by atoms with van der Waals surface area (Å²) in [6, 6.07) is 0.259. The maximum atomic E-state index is 13.3. The molecule has 0 aromatic carbocycles. The van der Waals surface area contributed by atoms with Crippen molar-refractivity contribution in [1.29, 1.82) is 0 Å². The minimum absolute atomic E-state index is 0.0676. The Hall–Kier alpha value is -1.36. The highest BCUT2D eigenvalue weighted by molar-refractivity contribution is 5.93. The van der Waals surface area contributed by atoms with Gasteiger partial charge >= 0.3 is 0 Å². The second-order valence-electron chi connectivity index (χ2n) is 7.93. The maximum Gasteiger partial charge on any atom is 0.246 e. The van der Waals surface area contributed by atoms with Crippen LogP contribution in [-0.4, -0.2) is 71.3 Å². The standard InChI is InChI=1S/C20H33N3O2/c1-4-19(24)23-17-9-7-6-8-15(17)14-18(23)20(25)21(3)16-10-12-22(5-2)13-11-16/h4,15-18H,1,5-14H2,2-3H3/t15-,17-,18+/m1/s1. The number of carbonyl (C=O) groups excluding carboxylic acids is 2. The smallest absolute Gasteiger partial charge is 0.246 e. The monoisotopic (exact) mass is 347 g/mol. The van der Waals surface area contributed by atoms with Crippen molar-refractivity contribution in [3.05, 3.63) is 12.7 Å². The summed E-state index contributed by atoms with van der Waals surface area (Å²) in [7, 11) is 1.94. The third kappa shape index (κ3) is 3.62. The normalized spacial score (nSPS) is 30.8. The van der Waals surface area contributed by atoms with E-state index < -0.39 is 0 Å². The van der Waals surface area contributed by atoms with Crippen molar-refractivity contribution in [1.82, 2.24) is 14.7 Å². The molecule has 0 bridgehead atoms. The molecule has 3 aliphatic rings. The van der Waals surface area contributed by atoms with Crippen molar-refractivity contribution in [3.8, 4) is 0 Å². The van der Waals surface area contributed by atoms with E-state index in [1.165, 1.54) is 12.5 Å². The molecule has 5 heteroatoms. The van der Waals surface area contributed by atoms with E-state index >= 15 is 0 Å². The molecule has 2 aliphatic heterocycles. The Kier molecular flexibility index (Phi) is 5.82. The Bertz CT molecular complexity index is 513. The van der Waals surface area contributed by atoms with E-state index in [2.05, 4.69) is 18.4 Å². The number of hydrogen-bond donors (Lipinski definition) is 0. The molecule has 0 spiro atoms. The van der Waals surface area contributed by atoms with Gasteiger partial charge in [0.05, 0.1) is 0 Å². The molecule has 0 aromatic heterocycles. The van der Waals surface area contributed by atoms with E-state index in [4.69, 9.17) is 0 Å². The predicted molar refractivity (Wildman–Crippen MR) is 99.1 cm³/mol. The molecule has 0 N–H and O–H groups in total. The zero-order chi connectivity index (χ0) is 18.0. The van der Waals surface area contributed by atoms with Crippen LogP contribution in [0.3, 0.4) is 0 Å². The number of fused-ring (bicyclic) bond motifs is 1. The zero-order valence-corrected chi connectivity index (χ0v) is 15.8. The topological polar surface area (TPSA) is 43.9 Å². The second kappa shape index (κ2) is 7.90. The van der Waals surface area contributed by atoms with Gasteiger partial charge in [-0.3, -0.25) is 9.59 Å². The average molecular weight is 348 g/mol. The van der Waals surface area contributed by atoms with Crippen LogP contribution in [0.5, 0.6) is 0 Å². The van der Waals surface area contributed by atoms with Crippen molar-refractivity contribution in [2.75, 3.05) is 26.7 Å². The van der Waals surface area contributed by atoms with Gasteiger partial charge in [-0.15, -0.1) is 0 Å². The highest BCUT2D eigenvalue weighted by Crippen LogP contribution is 2.40. The Labute approximate surface area is 152 Å². The minimum atomic E-state index is -0.284. The van der Waals surface area contributed by atoms with Gasteiger partial charge in [0.1, 0.15) is 6.04 Å². The third-order valence-corrected chi connectivity index (χ3v) is 6.70. The molecule has 2 saturated heterocycles. The van der Waals surface area contributed by atoms with Gasteiger partial charge in [0.15, 0.2) is 0 Å². The highest BCUT2D eigenvalue weighted by Gasteiger charge is 2.48. The number of nitrogens with zero attached hydrogens (tertiary/aromatic N) is 3. The van der Waals surface area contributed by atoms with Crippen molar-refractivity contribution in [3.63, 3.8) is 0 Å². The third-order valence-electron chi connectivity index (χ3n) is 6.70. The lowest BCUT2D eigenvalue weighted by atomic mass is 9.84. The van der Waals surface area contributed by atoms with E-state index in [0.29, 0.717) is 12.0 Å². The number of piperidine rings is 1. The van der Waals surface area contributed by atoms with Crippen molar-refractivity contribution in [2.45, 2.75) is 70.0 Å².